The predicted molar refractivity (Wildman–Crippen MR) is 74.3 cm³/mol. The number of hydrogen-bond acceptors (Lipinski definition) is 2. The molecule has 0 aromatic heterocycles. The van der Waals surface area contributed by atoms with E-state index in [1.807, 2.05) is 18.8 Å². The predicted octanol–water partition coefficient (Wildman–Crippen LogP) is 2.09. The highest BCUT2D eigenvalue weighted by molar-refractivity contribution is 7.99. The molecule has 0 aromatic rings. The van der Waals surface area contributed by atoms with Gasteiger partial charge in [-0.2, -0.15) is 11.8 Å². The molecule has 0 atom stereocenters. The van der Waals surface area contributed by atoms with Crippen LogP contribution in [0.25, 0.3) is 0 Å². The summed E-state index contributed by atoms with van der Waals surface area (Å²) in [6, 6.07) is 0. The molecule has 0 bridgehead atoms. The lowest BCUT2D eigenvalue weighted by Crippen LogP contribution is -2.43. The molecule has 0 saturated heterocycles. The van der Waals surface area contributed by atoms with Gasteiger partial charge in [0.1, 0.15) is 0 Å². The minimum absolute atomic E-state index is 0.258. The van der Waals surface area contributed by atoms with Crippen molar-refractivity contribution in [3.8, 4) is 0 Å². The Labute approximate surface area is 104 Å². The number of thioether (sulfide) groups is 1. The molecule has 0 spiro atoms. The molecule has 1 fully saturated rings. The smallest absolute Gasteiger partial charge is 0.191 e. The third kappa shape index (κ3) is 5.64. The zero-order valence-corrected chi connectivity index (χ0v) is 11.8. The summed E-state index contributed by atoms with van der Waals surface area (Å²) >= 11 is 1.87. The van der Waals surface area contributed by atoms with Gasteiger partial charge in [0.25, 0.3) is 0 Å². The number of nitrogens with one attached hydrogen (secondary N) is 2. The Hall–Kier alpha value is -0.380. The van der Waals surface area contributed by atoms with Crippen LogP contribution in [0.5, 0.6) is 0 Å². The summed E-state index contributed by atoms with van der Waals surface area (Å²) < 4.78 is 0.258. The van der Waals surface area contributed by atoms with Crippen LogP contribution in [0.15, 0.2) is 4.99 Å². The number of aliphatic imine (C=N–C) groups is 1. The van der Waals surface area contributed by atoms with E-state index in [9.17, 15) is 0 Å². The Morgan fingerprint density at radius 1 is 1.38 bits per heavy atom. The van der Waals surface area contributed by atoms with Gasteiger partial charge in [-0.05, 0) is 32.4 Å². The normalized spacial score (nSPS) is 17.4. The first-order valence-electron chi connectivity index (χ1n) is 6.07. The molecule has 1 rings (SSSR count). The van der Waals surface area contributed by atoms with Gasteiger partial charge in [0.05, 0.1) is 0 Å². The van der Waals surface area contributed by atoms with E-state index in [1.54, 1.807) is 0 Å². The molecule has 4 heteroatoms. The average Bonchev–Trinajstić information content (AvgIpc) is 3.07. The van der Waals surface area contributed by atoms with Gasteiger partial charge in [0, 0.05) is 24.9 Å². The minimum atomic E-state index is 0.258. The number of guanidine groups is 1. The van der Waals surface area contributed by atoms with Crippen molar-refractivity contribution >= 4 is 17.7 Å². The van der Waals surface area contributed by atoms with E-state index in [0.29, 0.717) is 0 Å². The van der Waals surface area contributed by atoms with E-state index in [-0.39, 0.29) is 4.75 Å². The van der Waals surface area contributed by atoms with Gasteiger partial charge >= 0.3 is 0 Å². The van der Waals surface area contributed by atoms with Crippen molar-refractivity contribution < 1.29 is 0 Å². The van der Waals surface area contributed by atoms with Gasteiger partial charge < -0.3 is 10.6 Å². The zero-order chi connectivity index (χ0) is 12.0. The van der Waals surface area contributed by atoms with E-state index >= 15 is 0 Å². The molecule has 0 heterocycles. The topological polar surface area (TPSA) is 36.4 Å². The first-order valence-corrected chi connectivity index (χ1v) is 7.29. The summed E-state index contributed by atoms with van der Waals surface area (Å²) in [4.78, 5) is 4.23. The summed E-state index contributed by atoms with van der Waals surface area (Å²) in [5.41, 5.74) is 0. The van der Waals surface area contributed by atoms with Crippen LogP contribution in [0.3, 0.4) is 0 Å². The summed E-state index contributed by atoms with van der Waals surface area (Å²) in [6.07, 6.45) is 6.28. The largest absolute Gasteiger partial charge is 0.356 e. The van der Waals surface area contributed by atoms with Gasteiger partial charge in [0.2, 0.25) is 0 Å². The van der Waals surface area contributed by atoms with Gasteiger partial charge in [0.15, 0.2) is 5.96 Å². The molecular formula is C12H25N3S. The maximum absolute atomic E-state index is 4.23. The maximum atomic E-state index is 4.23. The van der Waals surface area contributed by atoms with Crippen molar-refractivity contribution in [2.45, 2.75) is 37.9 Å². The first-order chi connectivity index (χ1) is 7.57. The lowest BCUT2D eigenvalue weighted by molar-refractivity contribution is 0.648. The zero-order valence-electron chi connectivity index (χ0n) is 11.0. The maximum Gasteiger partial charge on any atom is 0.191 e. The summed E-state index contributed by atoms with van der Waals surface area (Å²) in [6.45, 7) is 6.46. The Kier molecular flexibility index (Phi) is 5.46. The van der Waals surface area contributed by atoms with E-state index < -0.39 is 0 Å². The molecular weight excluding hydrogens is 218 g/mol. The van der Waals surface area contributed by atoms with Crippen LogP contribution in [-0.2, 0) is 0 Å². The fourth-order valence-corrected chi connectivity index (χ4v) is 1.61. The van der Waals surface area contributed by atoms with Crippen LogP contribution >= 0.6 is 11.8 Å². The molecule has 0 aromatic carbocycles. The molecule has 16 heavy (non-hydrogen) atoms. The second-order valence-corrected chi connectivity index (χ2v) is 6.56. The van der Waals surface area contributed by atoms with E-state index in [2.05, 4.69) is 35.7 Å². The van der Waals surface area contributed by atoms with Gasteiger partial charge in [-0.1, -0.05) is 12.8 Å². The lowest BCUT2D eigenvalue weighted by atomic mass is 10.2. The van der Waals surface area contributed by atoms with Crippen LogP contribution in [0.1, 0.15) is 33.1 Å². The monoisotopic (exact) mass is 243 g/mol. The van der Waals surface area contributed by atoms with Crippen molar-refractivity contribution in [2.24, 2.45) is 10.9 Å². The molecule has 1 saturated carbocycles. The highest BCUT2D eigenvalue weighted by Gasteiger charge is 2.20. The van der Waals surface area contributed by atoms with Crippen molar-refractivity contribution in [1.82, 2.24) is 10.6 Å². The summed E-state index contributed by atoms with van der Waals surface area (Å²) in [5, 5.41) is 6.74. The van der Waals surface area contributed by atoms with E-state index in [4.69, 9.17) is 0 Å². The molecule has 2 N–H and O–H groups in total. The van der Waals surface area contributed by atoms with Crippen molar-refractivity contribution in [3.05, 3.63) is 0 Å². The Balaban J connectivity index is 2.15. The van der Waals surface area contributed by atoms with Crippen molar-refractivity contribution in [3.63, 3.8) is 0 Å². The van der Waals surface area contributed by atoms with Crippen molar-refractivity contribution in [2.75, 3.05) is 26.4 Å². The Bertz CT molecular complexity index is 234. The first kappa shape index (κ1) is 13.7. The highest BCUT2D eigenvalue weighted by Crippen LogP contribution is 2.31. The van der Waals surface area contributed by atoms with Crippen LogP contribution in [0, 0.1) is 5.92 Å². The van der Waals surface area contributed by atoms with Crippen LogP contribution < -0.4 is 10.6 Å². The van der Waals surface area contributed by atoms with Gasteiger partial charge in [-0.25, -0.2) is 0 Å². The molecule has 1 aliphatic rings. The fourth-order valence-electron chi connectivity index (χ4n) is 1.39. The number of rotatable bonds is 6. The Morgan fingerprint density at radius 3 is 2.56 bits per heavy atom. The molecule has 1 aliphatic carbocycles. The lowest BCUT2D eigenvalue weighted by Gasteiger charge is -2.23. The van der Waals surface area contributed by atoms with Crippen molar-refractivity contribution in [1.29, 1.82) is 0 Å². The van der Waals surface area contributed by atoms with Gasteiger partial charge in [-0.15, -0.1) is 0 Å². The summed E-state index contributed by atoms with van der Waals surface area (Å²) in [5.74, 6) is 1.91. The highest BCUT2D eigenvalue weighted by atomic mass is 32.2. The minimum Gasteiger partial charge on any atom is -0.356 e. The van der Waals surface area contributed by atoms with Crippen LogP contribution in [0.2, 0.25) is 0 Å². The molecule has 0 amide bonds. The Morgan fingerprint density at radius 2 is 2.06 bits per heavy atom. The van der Waals surface area contributed by atoms with E-state index in [0.717, 1.165) is 25.0 Å². The quantitative estimate of drug-likeness (QED) is 0.554. The average molecular weight is 243 g/mol. The molecule has 0 unspecified atom stereocenters. The number of nitrogens with zero attached hydrogens (tertiary/aromatic N) is 1. The summed E-state index contributed by atoms with van der Waals surface area (Å²) in [7, 11) is 1.83. The third-order valence-corrected chi connectivity index (χ3v) is 4.25. The van der Waals surface area contributed by atoms with E-state index in [1.165, 1.54) is 19.3 Å². The van der Waals surface area contributed by atoms with Crippen LogP contribution in [-0.4, -0.2) is 37.1 Å². The second-order valence-electron chi connectivity index (χ2n) is 5.05. The molecule has 0 radical (unpaired) electrons. The SMILES string of the molecule is CN=C(NCCC1CC1)NCC(C)(C)SC. The van der Waals surface area contributed by atoms with Gasteiger partial charge in [-0.3, -0.25) is 4.99 Å². The second kappa shape index (κ2) is 6.38. The molecule has 0 aliphatic heterocycles. The molecule has 3 nitrogen and oxygen atoms in total. The number of hydrogen-bond donors (Lipinski definition) is 2. The van der Waals surface area contributed by atoms with Crippen LogP contribution in [0.4, 0.5) is 0 Å². The molecule has 94 valence electrons. The standard InChI is InChI=1S/C12H25N3S/c1-12(2,16-4)9-15-11(13-3)14-8-7-10-5-6-10/h10H,5-9H2,1-4H3,(H2,13,14,15). The fraction of sp³-hybridized carbons (Fsp3) is 0.917. The third-order valence-electron chi connectivity index (χ3n) is 3.00.